The number of ether oxygens (including phenoxy) is 3. The number of nitrogens with zero attached hydrogens (tertiary/aromatic N) is 9. The summed E-state index contributed by atoms with van der Waals surface area (Å²) in [5.74, 6) is -1.45. The van der Waals surface area contributed by atoms with Crippen LogP contribution in [0, 0.1) is 13.8 Å². The topological polar surface area (TPSA) is 264 Å². The van der Waals surface area contributed by atoms with Crippen LogP contribution in [0.15, 0.2) is 60.7 Å². The van der Waals surface area contributed by atoms with Crippen molar-refractivity contribution in [2.75, 3.05) is 30.9 Å². The number of primary amides is 2. The maximum Gasteiger partial charge on any atom is 0.410 e. The third-order valence-corrected chi connectivity index (χ3v) is 11.1. The highest BCUT2D eigenvalue weighted by molar-refractivity contribution is 6.05. The molecule has 21 heteroatoms. The monoisotopic (exact) mass is 931 g/mol. The normalized spacial score (nSPS) is 14.1. The van der Waals surface area contributed by atoms with Gasteiger partial charge in [-0.25, -0.2) is 14.8 Å². The number of anilines is 2. The molecular weight excluding hydrogens is 875 g/mol. The molecule has 0 saturated carbocycles. The fraction of sp³-hybridized carbons (Fsp3) is 0.383. The molecule has 21 nitrogen and oxygen atoms in total. The van der Waals surface area contributed by atoms with Gasteiger partial charge in [-0.3, -0.25) is 39.2 Å². The van der Waals surface area contributed by atoms with E-state index in [1.165, 1.54) is 31.4 Å². The van der Waals surface area contributed by atoms with Crippen molar-refractivity contribution in [1.29, 1.82) is 0 Å². The van der Waals surface area contributed by atoms with Gasteiger partial charge in [0.2, 0.25) is 23.7 Å². The Morgan fingerprint density at radius 2 is 1.25 bits per heavy atom. The van der Waals surface area contributed by atoms with Crippen molar-refractivity contribution in [2.24, 2.45) is 11.5 Å². The smallest absolute Gasteiger partial charge is 0.410 e. The van der Waals surface area contributed by atoms with E-state index in [1.54, 1.807) is 55.5 Å². The second kappa shape index (κ2) is 19.9. The van der Waals surface area contributed by atoms with Crippen LogP contribution in [0.4, 0.5) is 16.7 Å². The molecule has 5 heterocycles. The quantitative estimate of drug-likeness (QED) is 0.0799. The Kier molecular flexibility index (Phi) is 14.0. The summed E-state index contributed by atoms with van der Waals surface area (Å²) in [6, 6.07) is 9.24. The molecule has 4 aromatic heterocycles. The molecule has 1 aliphatic rings. The van der Waals surface area contributed by atoms with Crippen LogP contribution < -0.4 is 31.6 Å². The summed E-state index contributed by atoms with van der Waals surface area (Å²) in [7, 11) is 1.45. The summed E-state index contributed by atoms with van der Waals surface area (Å²) in [6.07, 6.45) is 8.53. The Bertz CT molecular complexity index is 2980. The number of hydrogen-bond acceptors (Lipinski definition) is 12. The van der Waals surface area contributed by atoms with Gasteiger partial charge in [0.05, 0.1) is 35.6 Å². The number of fused-ring (bicyclic) bond motifs is 2. The van der Waals surface area contributed by atoms with Crippen LogP contribution in [0.5, 0.6) is 11.5 Å². The molecule has 1 saturated heterocycles. The molecule has 0 spiro atoms. The number of benzene rings is 2. The first-order valence-corrected chi connectivity index (χ1v) is 22.3. The molecule has 6 N–H and O–H groups in total. The molecule has 68 heavy (non-hydrogen) atoms. The molecule has 358 valence electrons. The van der Waals surface area contributed by atoms with Gasteiger partial charge in [0, 0.05) is 43.9 Å². The number of imidazole rings is 2. The van der Waals surface area contributed by atoms with E-state index in [-0.39, 0.29) is 60.6 Å². The van der Waals surface area contributed by atoms with Gasteiger partial charge < -0.3 is 39.7 Å². The van der Waals surface area contributed by atoms with E-state index >= 15 is 0 Å². The number of hydrogen-bond donors (Lipinski definition) is 4. The number of aryl methyl sites for hydroxylation is 4. The SMILES string of the molecule is CCn1nc(C)cc1C(=O)Nc1nc2cc(C(N)=O)cc(OC)c2n1C/C=C/Cn1c(NC(=O)c2cc(C)nn2CC)nc2cc(C(N)=O)cc(OC/C=C/[C@@H]3CCCN3C(=O)OC(C)(C)C)c21. The highest BCUT2D eigenvalue weighted by Crippen LogP contribution is 2.33. The lowest BCUT2D eigenvalue weighted by molar-refractivity contribution is 0.0255. The predicted octanol–water partition coefficient (Wildman–Crippen LogP) is 5.74. The van der Waals surface area contributed by atoms with Crippen LogP contribution in [0.2, 0.25) is 0 Å². The first-order valence-electron chi connectivity index (χ1n) is 22.3. The summed E-state index contributed by atoms with van der Waals surface area (Å²) in [6.45, 7) is 14.6. The van der Waals surface area contributed by atoms with E-state index in [1.807, 2.05) is 52.8 Å². The van der Waals surface area contributed by atoms with Crippen LogP contribution in [-0.2, 0) is 30.9 Å². The van der Waals surface area contributed by atoms with E-state index in [0.717, 1.165) is 12.8 Å². The highest BCUT2D eigenvalue weighted by atomic mass is 16.6. The zero-order valence-electron chi connectivity index (χ0n) is 39.5. The fourth-order valence-corrected chi connectivity index (χ4v) is 8.08. The molecule has 5 amide bonds. The second-order valence-corrected chi connectivity index (χ2v) is 17.2. The van der Waals surface area contributed by atoms with Crippen molar-refractivity contribution in [3.63, 3.8) is 0 Å². The fourth-order valence-electron chi connectivity index (χ4n) is 8.08. The number of rotatable bonds is 17. The molecular formula is C47H57N13O8. The van der Waals surface area contributed by atoms with Crippen molar-refractivity contribution >= 4 is 63.7 Å². The molecule has 1 aliphatic heterocycles. The van der Waals surface area contributed by atoms with Gasteiger partial charge in [-0.2, -0.15) is 10.2 Å². The van der Waals surface area contributed by atoms with Crippen LogP contribution in [0.1, 0.15) is 101 Å². The number of likely N-dealkylation sites (tertiary alicyclic amines) is 1. The van der Waals surface area contributed by atoms with Gasteiger partial charge in [0.1, 0.15) is 46.1 Å². The van der Waals surface area contributed by atoms with Crippen LogP contribution in [-0.4, -0.2) is 105 Å². The number of amides is 5. The van der Waals surface area contributed by atoms with E-state index < -0.39 is 29.2 Å². The number of carbonyl (C=O) groups excluding carboxylic acids is 5. The minimum absolute atomic E-state index is 0.0494. The van der Waals surface area contributed by atoms with Crippen molar-refractivity contribution < 1.29 is 38.2 Å². The number of allylic oxidation sites excluding steroid dienone is 2. The maximum absolute atomic E-state index is 13.9. The van der Waals surface area contributed by atoms with Gasteiger partial charge >= 0.3 is 6.09 Å². The van der Waals surface area contributed by atoms with Crippen molar-refractivity contribution in [2.45, 2.75) is 99.1 Å². The Hall–Kier alpha value is -7.97. The lowest BCUT2D eigenvalue weighted by Gasteiger charge is -2.27. The Balaban J connectivity index is 1.25. The number of methoxy groups -OCH3 is 1. The van der Waals surface area contributed by atoms with Crippen molar-refractivity contribution in [3.05, 3.63) is 94.6 Å². The minimum atomic E-state index is -0.711. The number of aromatic nitrogens is 8. The third-order valence-electron chi connectivity index (χ3n) is 11.1. The zero-order valence-corrected chi connectivity index (χ0v) is 39.5. The largest absolute Gasteiger partial charge is 0.494 e. The number of nitrogens with two attached hydrogens (primary N) is 2. The summed E-state index contributed by atoms with van der Waals surface area (Å²) >= 11 is 0. The van der Waals surface area contributed by atoms with E-state index in [2.05, 4.69) is 20.8 Å². The lowest BCUT2D eigenvalue weighted by Crippen LogP contribution is -2.39. The second-order valence-electron chi connectivity index (χ2n) is 17.2. The zero-order chi connectivity index (χ0) is 49.0. The van der Waals surface area contributed by atoms with Gasteiger partial charge in [-0.05, 0) is 104 Å². The number of carbonyl (C=O) groups is 5. The summed E-state index contributed by atoms with van der Waals surface area (Å²) in [4.78, 5) is 76.7. The van der Waals surface area contributed by atoms with Crippen LogP contribution in [0.25, 0.3) is 22.1 Å². The lowest BCUT2D eigenvalue weighted by atomic mass is 10.1. The number of nitrogens with one attached hydrogen (secondary N) is 2. The Morgan fingerprint density at radius 3 is 1.72 bits per heavy atom. The predicted molar refractivity (Wildman–Crippen MR) is 254 cm³/mol. The maximum atomic E-state index is 13.9. The molecule has 0 bridgehead atoms. The first kappa shape index (κ1) is 48.0. The molecule has 1 atom stereocenters. The first-order chi connectivity index (χ1) is 32.4. The van der Waals surface area contributed by atoms with Crippen molar-refractivity contribution in [1.82, 2.24) is 43.6 Å². The van der Waals surface area contributed by atoms with Gasteiger partial charge in [-0.15, -0.1) is 0 Å². The molecule has 2 aromatic carbocycles. The summed E-state index contributed by atoms with van der Waals surface area (Å²) in [5.41, 5.74) is 14.7. The molecule has 6 aromatic rings. The van der Waals surface area contributed by atoms with E-state index in [0.29, 0.717) is 70.2 Å². The standard InChI is InChI=1S/C47H57N13O8/c1-9-59-34(21-27(3)54-59)42(63)52-44-50-32-23-29(40(48)61)25-36(66-8)38(32)57(44)17-11-12-18-58-39-33(51-45(58)53-43(64)35-22-28(4)55-60(35)10-2)24-30(41(49)62)26-37(39)67-20-14-16-31-15-13-19-56(31)46(65)68-47(5,6)7/h11-12,14,16,21-26,31H,9-10,13,15,17-20H2,1-8H3,(H2,48,61)(H2,49,62)(H,50,52,63)(H,51,53,64)/b12-11+,16-14+/t31-/m0/s1. The molecule has 0 unspecified atom stereocenters. The Labute approximate surface area is 392 Å². The summed E-state index contributed by atoms with van der Waals surface area (Å²) < 4.78 is 24.3. The Morgan fingerprint density at radius 1 is 0.750 bits per heavy atom. The van der Waals surface area contributed by atoms with Gasteiger partial charge in [-0.1, -0.05) is 18.2 Å². The molecule has 1 fully saturated rings. The van der Waals surface area contributed by atoms with Gasteiger partial charge in [0.15, 0.2) is 0 Å². The summed E-state index contributed by atoms with van der Waals surface area (Å²) in [5, 5.41) is 14.7. The average Bonchev–Trinajstić information content (AvgIpc) is 4.12. The average molecular weight is 932 g/mol. The van der Waals surface area contributed by atoms with Crippen molar-refractivity contribution in [3.8, 4) is 11.5 Å². The highest BCUT2D eigenvalue weighted by Gasteiger charge is 2.31. The van der Waals surface area contributed by atoms with E-state index in [4.69, 9.17) is 35.6 Å². The molecule has 0 aliphatic carbocycles. The van der Waals surface area contributed by atoms with Gasteiger partial charge in [0.25, 0.3) is 11.8 Å². The third kappa shape index (κ3) is 10.4. The van der Waals surface area contributed by atoms with Crippen LogP contribution in [0.3, 0.4) is 0 Å². The van der Waals surface area contributed by atoms with E-state index in [9.17, 15) is 24.0 Å². The minimum Gasteiger partial charge on any atom is -0.494 e. The van der Waals surface area contributed by atoms with Crippen LogP contribution >= 0.6 is 0 Å². The molecule has 0 radical (unpaired) electrons. The molecule has 7 rings (SSSR count).